The quantitative estimate of drug-likeness (QED) is 0.689. The van der Waals surface area contributed by atoms with E-state index in [1.165, 1.54) is 0 Å². The molecule has 4 atom stereocenters. The van der Waals surface area contributed by atoms with Crippen LogP contribution in [0.15, 0.2) is 0 Å². The fourth-order valence-corrected chi connectivity index (χ4v) is 7.83. The van der Waals surface area contributed by atoms with Gasteiger partial charge in [0.2, 0.25) is 0 Å². The Morgan fingerprint density at radius 1 is 0.933 bits per heavy atom. The van der Waals surface area contributed by atoms with Gasteiger partial charge in [-0.2, -0.15) is 0 Å². The van der Waals surface area contributed by atoms with Crippen LogP contribution in [0.2, 0.25) is 0 Å². The molecule has 2 aliphatic rings. The zero-order valence-electron chi connectivity index (χ0n) is 8.92. The van der Waals surface area contributed by atoms with Gasteiger partial charge in [0.05, 0.1) is 0 Å². The molecule has 4 unspecified atom stereocenters. The topological polar surface area (TPSA) is 46.2 Å². The summed E-state index contributed by atoms with van der Waals surface area (Å²) in [6.07, 6.45) is 2.38. The van der Waals surface area contributed by atoms with E-state index in [1.54, 1.807) is 0 Å². The van der Waals surface area contributed by atoms with E-state index in [-0.39, 0.29) is 12.2 Å². The summed E-state index contributed by atoms with van der Waals surface area (Å²) in [5.74, 6) is 0. The fourth-order valence-electron chi connectivity index (χ4n) is 1.19. The van der Waals surface area contributed by atoms with Crippen LogP contribution in [0.1, 0.15) is 26.7 Å². The predicted octanol–water partition coefficient (Wildman–Crippen LogP) is 0.624. The second-order valence-electron chi connectivity index (χ2n) is 3.60. The molecule has 0 amide bonds. The minimum atomic E-state index is -2.04. The first-order valence-corrected chi connectivity index (χ1v) is 9.71. The molecular formula is C8H16As2O5. The Morgan fingerprint density at radius 3 is 1.80 bits per heavy atom. The number of hydrogen-bond acceptors (Lipinski definition) is 5. The van der Waals surface area contributed by atoms with Gasteiger partial charge in [-0.3, -0.25) is 0 Å². The molecule has 0 N–H and O–H groups in total. The molecule has 2 saturated heterocycles. The molecule has 2 rings (SSSR count). The summed E-state index contributed by atoms with van der Waals surface area (Å²) >= 11 is -4.08. The van der Waals surface area contributed by atoms with E-state index in [0.29, 0.717) is 0 Å². The standard InChI is InChI=1S/C8H16As2O5/c1-7-3-5-11-9(13-7)15-10-12-6-4-8(2)14-10/h7-8H,3-6H2,1-2H3. The van der Waals surface area contributed by atoms with Crippen molar-refractivity contribution in [1.29, 1.82) is 0 Å². The van der Waals surface area contributed by atoms with Crippen LogP contribution in [0.25, 0.3) is 0 Å². The molecule has 2 fully saturated rings. The molecule has 0 aliphatic carbocycles. The van der Waals surface area contributed by atoms with Crippen LogP contribution in [-0.4, -0.2) is 56.8 Å². The Balaban J connectivity index is 1.75. The van der Waals surface area contributed by atoms with E-state index < -0.39 is 31.4 Å². The van der Waals surface area contributed by atoms with Crippen LogP contribution in [-0.2, 0) is 17.6 Å². The van der Waals surface area contributed by atoms with Gasteiger partial charge < -0.3 is 0 Å². The van der Waals surface area contributed by atoms with Crippen molar-refractivity contribution in [2.45, 2.75) is 38.9 Å². The molecule has 2 heterocycles. The molecule has 0 radical (unpaired) electrons. The van der Waals surface area contributed by atoms with Gasteiger partial charge in [0.25, 0.3) is 0 Å². The zero-order valence-corrected chi connectivity index (χ0v) is 12.7. The molecule has 0 aromatic carbocycles. The van der Waals surface area contributed by atoms with Gasteiger partial charge in [-0.1, -0.05) is 0 Å². The van der Waals surface area contributed by atoms with Crippen molar-refractivity contribution in [2.24, 2.45) is 0 Å². The van der Waals surface area contributed by atoms with E-state index in [2.05, 4.69) is 0 Å². The third-order valence-electron chi connectivity index (χ3n) is 2.11. The molecule has 0 saturated carbocycles. The van der Waals surface area contributed by atoms with Crippen molar-refractivity contribution in [2.75, 3.05) is 13.2 Å². The first-order chi connectivity index (χ1) is 7.24. The molecule has 0 bridgehead atoms. The van der Waals surface area contributed by atoms with Crippen molar-refractivity contribution in [1.82, 2.24) is 0 Å². The summed E-state index contributed by atoms with van der Waals surface area (Å²) in [5.41, 5.74) is 0. The maximum absolute atomic E-state index is 5.68. The molecule has 0 aromatic heterocycles. The Hall–Kier alpha value is 0.917. The Kier molecular flexibility index (Phi) is 4.96. The van der Waals surface area contributed by atoms with Crippen molar-refractivity contribution in [3.8, 4) is 0 Å². The van der Waals surface area contributed by atoms with Gasteiger partial charge >= 0.3 is 101 Å². The van der Waals surface area contributed by atoms with Gasteiger partial charge in [0.15, 0.2) is 0 Å². The van der Waals surface area contributed by atoms with Crippen LogP contribution in [0, 0.1) is 0 Å². The Morgan fingerprint density at radius 2 is 1.40 bits per heavy atom. The van der Waals surface area contributed by atoms with E-state index >= 15 is 0 Å². The Bertz CT molecular complexity index is 185. The van der Waals surface area contributed by atoms with Crippen molar-refractivity contribution >= 4 is 31.4 Å². The molecule has 15 heavy (non-hydrogen) atoms. The average Bonchev–Trinajstić information content (AvgIpc) is 2.17. The van der Waals surface area contributed by atoms with Gasteiger partial charge in [-0.05, 0) is 0 Å². The Labute approximate surface area is 101 Å². The van der Waals surface area contributed by atoms with Crippen LogP contribution >= 0.6 is 0 Å². The van der Waals surface area contributed by atoms with E-state index in [1.807, 2.05) is 13.8 Å². The molecule has 0 spiro atoms. The molecule has 2 aliphatic heterocycles. The SMILES string of the molecule is CC1CCO[As](O[As]2OCCC(C)O2)O1. The summed E-state index contributed by atoms with van der Waals surface area (Å²) < 4.78 is 27.8. The molecular weight excluding hydrogens is 326 g/mol. The van der Waals surface area contributed by atoms with E-state index in [9.17, 15) is 0 Å². The first kappa shape index (κ1) is 12.4. The van der Waals surface area contributed by atoms with Gasteiger partial charge in [-0.25, -0.2) is 0 Å². The van der Waals surface area contributed by atoms with Crippen molar-refractivity contribution in [3.63, 3.8) is 0 Å². The maximum atomic E-state index is 5.68. The van der Waals surface area contributed by atoms with Gasteiger partial charge in [-0.15, -0.1) is 0 Å². The van der Waals surface area contributed by atoms with E-state index in [0.717, 1.165) is 26.1 Å². The predicted molar refractivity (Wildman–Crippen MR) is 54.8 cm³/mol. The fraction of sp³-hybridized carbons (Fsp3) is 1.00. The second kappa shape index (κ2) is 6.01. The second-order valence-corrected chi connectivity index (χ2v) is 9.57. The third kappa shape index (κ3) is 4.01. The van der Waals surface area contributed by atoms with Crippen molar-refractivity contribution < 1.29 is 17.6 Å². The summed E-state index contributed by atoms with van der Waals surface area (Å²) in [5, 5.41) is 0. The minimum absolute atomic E-state index is 0.245. The summed E-state index contributed by atoms with van der Waals surface area (Å²) in [6, 6.07) is 0. The van der Waals surface area contributed by atoms with Crippen LogP contribution in [0.3, 0.4) is 0 Å². The van der Waals surface area contributed by atoms with Crippen LogP contribution < -0.4 is 0 Å². The van der Waals surface area contributed by atoms with Gasteiger partial charge in [0.1, 0.15) is 0 Å². The summed E-state index contributed by atoms with van der Waals surface area (Å²) in [7, 11) is 0. The monoisotopic (exact) mass is 342 g/mol. The first-order valence-electron chi connectivity index (χ1n) is 5.12. The summed E-state index contributed by atoms with van der Waals surface area (Å²) in [4.78, 5) is 0. The molecule has 5 nitrogen and oxygen atoms in total. The van der Waals surface area contributed by atoms with Crippen LogP contribution in [0.4, 0.5) is 0 Å². The molecule has 88 valence electrons. The number of hydrogen-bond donors (Lipinski definition) is 0. The normalized spacial score (nSPS) is 42.8. The number of rotatable bonds is 2. The van der Waals surface area contributed by atoms with Crippen LogP contribution in [0.5, 0.6) is 0 Å². The van der Waals surface area contributed by atoms with Crippen molar-refractivity contribution in [3.05, 3.63) is 0 Å². The van der Waals surface area contributed by atoms with E-state index in [4.69, 9.17) is 17.6 Å². The third-order valence-corrected chi connectivity index (χ3v) is 9.46. The molecule has 0 aromatic rings. The zero-order chi connectivity index (χ0) is 10.7. The van der Waals surface area contributed by atoms with Gasteiger partial charge in [0, 0.05) is 0 Å². The molecule has 7 heteroatoms. The summed E-state index contributed by atoms with van der Waals surface area (Å²) in [6.45, 7) is 5.56. The average molecular weight is 342 g/mol.